The van der Waals surface area contributed by atoms with Crippen LogP contribution in [0.25, 0.3) is 4.96 Å². The van der Waals surface area contributed by atoms with Crippen LogP contribution in [0.5, 0.6) is 5.88 Å². The number of aromatic nitrogens is 3. The Balaban J connectivity index is 1.80. The van der Waals surface area contributed by atoms with Crippen LogP contribution < -0.4 is 4.90 Å². The predicted molar refractivity (Wildman–Crippen MR) is 97.1 cm³/mol. The molecule has 1 fully saturated rings. The van der Waals surface area contributed by atoms with E-state index in [2.05, 4.69) is 41.4 Å². The highest BCUT2D eigenvalue weighted by Gasteiger charge is 2.37. The van der Waals surface area contributed by atoms with Gasteiger partial charge in [0, 0.05) is 11.8 Å². The molecular weight excluding hydrogens is 340 g/mol. The first kappa shape index (κ1) is 16.1. The van der Waals surface area contributed by atoms with Gasteiger partial charge in [0.1, 0.15) is 10.7 Å². The maximum Gasteiger partial charge on any atom is 0.235 e. The molecule has 0 unspecified atom stereocenters. The van der Waals surface area contributed by atoms with Crippen LogP contribution in [0.15, 0.2) is 17.5 Å². The molecule has 3 atom stereocenters. The fourth-order valence-electron chi connectivity index (χ4n) is 4.08. The lowest BCUT2D eigenvalue weighted by Crippen LogP contribution is -3.14. The molecule has 0 saturated carbocycles. The average molecular weight is 364 g/mol. The second kappa shape index (κ2) is 6.13. The van der Waals surface area contributed by atoms with Crippen LogP contribution in [0, 0.1) is 18.8 Å². The van der Waals surface area contributed by atoms with E-state index in [1.807, 2.05) is 6.92 Å². The minimum atomic E-state index is 0.170. The Bertz CT molecular complexity index is 828. The molecule has 4 rings (SSSR count). The van der Waals surface area contributed by atoms with E-state index in [0.717, 1.165) is 22.9 Å². The van der Waals surface area contributed by atoms with Crippen LogP contribution >= 0.6 is 22.7 Å². The van der Waals surface area contributed by atoms with Crippen molar-refractivity contribution in [1.29, 1.82) is 0 Å². The number of fused-ring (bicyclic) bond motifs is 1. The van der Waals surface area contributed by atoms with E-state index in [0.29, 0.717) is 17.7 Å². The number of thiazole rings is 1. The van der Waals surface area contributed by atoms with Gasteiger partial charge in [0.2, 0.25) is 10.8 Å². The zero-order chi connectivity index (χ0) is 16.8. The lowest BCUT2D eigenvalue weighted by Gasteiger charge is -2.36. The second-order valence-electron chi connectivity index (χ2n) is 7.10. The molecule has 0 bridgehead atoms. The third-order valence-corrected chi connectivity index (χ3v) is 6.85. The van der Waals surface area contributed by atoms with Gasteiger partial charge >= 0.3 is 0 Å². The lowest BCUT2D eigenvalue weighted by molar-refractivity contribution is -0.936. The van der Waals surface area contributed by atoms with Gasteiger partial charge < -0.3 is 10.0 Å². The summed E-state index contributed by atoms with van der Waals surface area (Å²) in [4.78, 5) is 9.05. The standard InChI is InChI=1S/C17H22N4OS2/c1-10-7-11(2)9-20(8-10)14(13-5-4-6-23-13)15-16(22)21-17(24-15)18-12(3)19-21/h4-6,10-11,14,22H,7-9H2,1-3H3/p+1/t10-,11-,14+/m0/s1. The van der Waals surface area contributed by atoms with Gasteiger partial charge in [0.25, 0.3) is 0 Å². The van der Waals surface area contributed by atoms with Crippen molar-refractivity contribution in [2.45, 2.75) is 33.2 Å². The number of aromatic hydroxyl groups is 1. The summed E-state index contributed by atoms with van der Waals surface area (Å²) < 4.78 is 1.59. The Morgan fingerprint density at radius 2 is 2.08 bits per heavy atom. The summed E-state index contributed by atoms with van der Waals surface area (Å²) in [5, 5.41) is 17.3. The Kier molecular flexibility index (Phi) is 4.10. The summed E-state index contributed by atoms with van der Waals surface area (Å²) in [7, 11) is 0. The zero-order valence-electron chi connectivity index (χ0n) is 14.2. The molecule has 24 heavy (non-hydrogen) atoms. The fourth-order valence-corrected chi connectivity index (χ4v) is 6.22. The third kappa shape index (κ3) is 2.74. The van der Waals surface area contributed by atoms with Crippen LogP contribution in [0.4, 0.5) is 0 Å². The molecule has 7 heteroatoms. The minimum absolute atomic E-state index is 0.170. The van der Waals surface area contributed by atoms with Crippen LogP contribution in [0.1, 0.15) is 41.9 Å². The number of thiophene rings is 1. The van der Waals surface area contributed by atoms with Gasteiger partial charge in [-0.1, -0.05) is 31.3 Å². The monoisotopic (exact) mass is 363 g/mol. The molecule has 3 aromatic heterocycles. The molecule has 0 aliphatic carbocycles. The predicted octanol–water partition coefficient (Wildman–Crippen LogP) is 2.52. The van der Waals surface area contributed by atoms with Crippen molar-refractivity contribution in [3.8, 4) is 5.88 Å². The average Bonchev–Trinajstić information content (AvgIpc) is 3.20. The quantitative estimate of drug-likeness (QED) is 0.752. The van der Waals surface area contributed by atoms with Crippen molar-refractivity contribution < 1.29 is 10.0 Å². The summed E-state index contributed by atoms with van der Waals surface area (Å²) >= 11 is 3.34. The van der Waals surface area contributed by atoms with E-state index in [1.165, 1.54) is 11.3 Å². The smallest absolute Gasteiger partial charge is 0.235 e. The molecule has 2 N–H and O–H groups in total. The molecule has 5 nitrogen and oxygen atoms in total. The molecule has 1 aliphatic heterocycles. The molecular formula is C17H23N4OS2+. The van der Waals surface area contributed by atoms with E-state index in [-0.39, 0.29) is 11.9 Å². The maximum absolute atomic E-state index is 10.8. The lowest BCUT2D eigenvalue weighted by atomic mass is 9.90. The Hall–Kier alpha value is -1.44. The summed E-state index contributed by atoms with van der Waals surface area (Å²) in [6.45, 7) is 8.81. The Labute approximate surface area is 149 Å². The van der Waals surface area contributed by atoms with Crippen molar-refractivity contribution in [2.75, 3.05) is 13.1 Å². The topological polar surface area (TPSA) is 54.9 Å². The first-order valence-electron chi connectivity index (χ1n) is 8.46. The van der Waals surface area contributed by atoms with Gasteiger partial charge in [-0.2, -0.15) is 4.52 Å². The van der Waals surface area contributed by atoms with Crippen molar-refractivity contribution in [3.63, 3.8) is 0 Å². The van der Waals surface area contributed by atoms with Crippen LogP contribution in [-0.4, -0.2) is 32.8 Å². The number of quaternary nitrogens is 1. The van der Waals surface area contributed by atoms with Crippen LogP contribution in [0.3, 0.4) is 0 Å². The summed E-state index contributed by atoms with van der Waals surface area (Å²) in [6.07, 6.45) is 1.29. The van der Waals surface area contributed by atoms with Crippen molar-refractivity contribution >= 4 is 27.6 Å². The van der Waals surface area contributed by atoms with Gasteiger partial charge in [-0.3, -0.25) is 0 Å². The first-order valence-corrected chi connectivity index (χ1v) is 10.2. The Morgan fingerprint density at radius 3 is 2.71 bits per heavy atom. The summed E-state index contributed by atoms with van der Waals surface area (Å²) in [5.41, 5.74) is 0. The molecule has 128 valence electrons. The van der Waals surface area contributed by atoms with E-state index in [1.54, 1.807) is 32.1 Å². The second-order valence-corrected chi connectivity index (χ2v) is 9.09. The SMILES string of the molecule is Cc1nc2sc([C@@H](c3cccs3)[NH+]3C[C@@H](C)C[C@H](C)C3)c(O)n2n1. The number of nitrogens with one attached hydrogen (secondary N) is 1. The first-order chi connectivity index (χ1) is 11.5. The number of likely N-dealkylation sites (tertiary alicyclic amines) is 1. The van der Waals surface area contributed by atoms with Gasteiger partial charge in [0.05, 0.1) is 18.0 Å². The normalized spacial score (nSPS) is 26.0. The number of rotatable bonds is 3. The van der Waals surface area contributed by atoms with Gasteiger partial charge in [-0.25, -0.2) is 4.98 Å². The van der Waals surface area contributed by atoms with Gasteiger partial charge in [-0.15, -0.1) is 16.4 Å². The molecule has 4 heterocycles. The molecule has 3 aromatic rings. The minimum Gasteiger partial charge on any atom is -0.492 e. The Morgan fingerprint density at radius 1 is 1.33 bits per heavy atom. The molecule has 0 aromatic carbocycles. The van der Waals surface area contributed by atoms with Gasteiger partial charge in [-0.05, 0) is 24.8 Å². The van der Waals surface area contributed by atoms with E-state index in [9.17, 15) is 5.11 Å². The van der Waals surface area contributed by atoms with Gasteiger partial charge in [0.15, 0.2) is 6.04 Å². The summed E-state index contributed by atoms with van der Waals surface area (Å²) in [6, 6.07) is 4.46. The highest BCUT2D eigenvalue weighted by molar-refractivity contribution is 7.17. The van der Waals surface area contributed by atoms with E-state index in [4.69, 9.17) is 0 Å². The number of hydrogen-bond acceptors (Lipinski definition) is 5. The number of nitrogens with zero attached hydrogens (tertiary/aromatic N) is 3. The molecule has 0 radical (unpaired) electrons. The van der Waals surface area contributed by atoms with Crippen molar-refractivity contribution in [1.82, 2.24) is 14.6 Å². The largest absolute Gasteiger partial charge is 0.492 e. The van der Waals surface area contributed by atoms with Crippen molar-refractivity contribution in [3.05, 3.63) is 33.1 Å². The molecule has 1 aliphatic rings. The van der Waals surface area contributed by atoms with E-state index < -0.39 is 0 Å². The number of piperidine rings is 1. The van der Waals surface area contributed by atoms with E-state index >= 15 is 0 Å². The number of hydrogen-bond donors (Lipinski definition) is 2. The fraction of sp³-hybridized carbons (Fsp3) is 0.529. The number of aryl methyl sites for hydroxylation is 1. The highest BCUT2D eigenvalue weighted by atomic mass is 32.1. The zero-order valence-corrected chi connectivity index (χ0v) is 15.8. The summed E-state index contributed by atoms with van der Waals surface area (Å²) in [5.74, 6) is 2.37. The molecule has 1 saturated heterocycles. The van der Waals surface area contributed by atoms with Crippen LogP contribution in [0.2, 0.25) is 0 Å². The van der Waals surface area contributed by atoms with Crippen molar-refractivity contribution in [2.24, 2.45) is 11.8 Å². The highest BCUT2D eigenvalue weighted by Crippen LogP contribution is 2.36. The maximum atomic E-state index is 10.8. The molecule has 0 amide bonds. The van der Waals surface area contributed by atoms with Crippen LogP contribution in [-0.2, 0) is 0 Å². The molecule has 0 spiro atoms. The third-order valence-electron chi connectivity index (χ3n) is 4.83.